The summed E-state index contributed by atoms with van der Waals surface area (Å²) < 4.78 is 140. The van der Waals surface area contributed by atoms with Crippen LogP contribution in [-0.4, -0.2) is 27.9 Å². The average Bonchev–Trinajstić information content (AvgIpc) is 2.82. The molecule has 0 saturated heterocycles. The van der Waals surface area contributed by atoms with E-state index in [0.717, 1.165) is 12.1 Å². The van der Waals surface area contributed by atoms with Crippen LogP contribution in [0, 0.1) is 14.3 Å². The first-order chi connectivity index (χ1) is 18.3. The van der Waals surface area contributed by atoms with Crippen molar-refractivity contribution in [3.63, 3.8) is 0 Å². The number of alkyl halides is 6. The van der Waals surface area contributed by atoms with Gasteiger partial charge in [0.05, 0.1) is 0 Å². The van der Waals surface area contributed by atoms with Gasteiger partial charge in [-0.1, -0.05) is 12.1 Å². The molecule has 4 rings (SSSR count). The van der Waals surface area contributed by atoms with E-state index in [1.807, 2.05) is 90.4 Å². The molecule has 214 valence electrons. The highest BCUT2D eigenvalue weighted by Gasteiger charge is 2.50. The fourth-order valence-electron chi connectivity index (χ4n) is 3.63. The van der Waals surface area contributed by atoms with Gasteiger partial charge in [0, 0.05) is 25.4 Å². The lowest BCUT2D eigenvalue weighted by molar-refractivity contribution is -0.0505. The third-order valence-electron chi connectivity index (χ3n) is 5.32. The van der Waals surface area contributed by atoms with Crippen LogP contribution >= 0.6 is 90.4 Å². The summed E-state index contributed by atoms with van der Waals surface area (Å²) in [5, 5.41) is 0.882. The molecule has 0 aliphatic rings. The summed E-state index contributed by atoms with van der Waals surface area (Å²) in [6, 6.07) is 10.3. The Balaban J connectivity index is 2.23. The quantitative estimate of drug-likeness (QED) is 0.0863. The van der Waals surface area contributed by atoms with Crippen molar-refractivity contribution in [2.45, 2.75) is 11.0 Å². The number of benzene rings is 4. The van der Waals surface area contributed by atoms with Gasteiger partial charge in [-0.15, -0.1) is 0 Å². The minimum atomic E-state index is -6.25. The third kappa shape index (κ3) is 5.93. The predicted molar refractivity (Wildman–Crippen MR) is 169 cm³/mol. The van der Waals surface area contributed by atoms with Gasteiger partial charge < -0.3 is 8.37 Å². The summed E-state index contributed by atoms with van der Waals surface area (Å²) in [6.45, 7) is 0. The molecule has 18 heteroatoms. The molecule has 0 unspecified atom stereocenters. The van der Waals surface area contributed by atoms with Gasteiger partial charge >= 0.3 is 31.3 Å². The van der Waals surface area contributed by atoms with Gasteiger partial charge in [0.2, 0.25) is 0 Å². The number of hydrogen-bond donors (Lipinski definition) is 0. The standard InChI is InChI=1S/C22H8F6I4O6S2/c23-21(24,25)39(33,34)37-15-7-3-11-9(1-5-13(29)19(11)31)17(15)18-10-2-6-14(30)20(32)12(10)4-8-16(18)38-40(35,36)22(26,27)28/h1-8H. The van der Waals surface area contributed by atoms with Crippen molar-refractivity contribution in [3.8, 4) is 22.6 Å². The summed E-state index contributed by atoms with van der Waals surface area (Å²) in [4.78, 5) is 0. The largest absolute Gasteiger partial charge is 0.534 e. The molecule has 6 nitrogen and oxygen atoms in total. The maximum atomic E-state index is 13.3. The van der Waals surface area contributed by atoms with Gasteiger partial charge in [0.1, 0.15) is 0 Å². The maximum Gasteiger partial charge on any atom is 0.534 e. The van der Waals surface area contributed by atoms with E-state index >= 15 is 0 Å². The Morgan fingerprint density at radius 3 is 1.10 bits per heavy atom. The molecule has 0 fully saturated rings. The van der Waals surface area contributed by atoms with Crippen molar-refractivity contribution in [1.29, 1.82) is 0 Å². The predicted octanol–water partition coefficient (Wildman–Crippen LogP) is 8.54. The van der Waals surface area contributed by atoms with Crippen molar-refractivity contribution in [3.05, 3.63) is 62.8 Å². The van der Waals surface area contributed by atoms with Crippen molar-refractivity contribution in [1.82, 2.24) is 0 Å². The Bertz CT molecular complexity index is 1770. The number of hydrogen-bond acceptors (Lipinski definition) is 6. The van der Waals surface area contributed by atoms with Crippen LogP contribution in [0.25, 0.3) is 32.7 Å². The first-order valence-electron chi connectivity index (χ1n) is 10.1. The highest BCUT2D eigenvalue weighted by atomic mass is 127. The third-order valence-corrected chi connectivity index (χ3v) is 13.4. The van der Waals surface area contributed by atoms with Gasteiger partial charge in [-0.05, 0) is 148 Å². The van der Waals surface area contributed by atoms with Gasteiger partial charge in [-0.3, -0.25) is 0 Å². The molecule has 4 aromatic carbocycles. The van der Waals surface area contributed by atoms with Crippen molar-refractivity contribution in [2.24, 2.45) is 0 Å². The van der Waals surface area contributed by atoms with Gasteiger partial charge in [-0.2, -0.15) is 43.2 Å². The maximum absolute atomic E-state index is 13.3. The van der Waals surface area contributed by atoms with Crippen LogP contribution in [0.4, 0.5) is 26.3 Å². The second kappa shape index (κ2) is 11.2. The Kier molecular flexibility index (Phi) is 9.01. The molecule has 40 heavy (non-hydrogen) atoms. The molecular formula is C22H8F6I4O6S2. The Labute approximate surface area is 277 Å². The van der Waals surface area contributed by atoms with Crippen LogP contribution in [-0.2, 0) is 20.2 Å². The molecule has 0 bridgehead atoms. The van der Waals surface area contributed by atoms with Crippen LogP contribution < -0.4 is 8.37 Å². The Hall–Kier alpha value is -0.600. The van der Waals surface area contributed by atoms with E-state index in [9.17, 15) is 43.2 Å². The Morgan fingerprint density at radius 2 is 0.800 bits per heavy atom. The Morgan fingerprint density at radius 1 is 0.500 bits per heavy atom. The van der Waals surface area contributed by atoms with Crippen LogP contribution in [0.2, 0.25) is 0 Å². The SMILES string of the molecule is O=S(=O)(Oc1ccc2c(I)c(I)ccc2c1-c1c(OS(=O)(=O)C(F)(F)F)ccc2c(I)c(I)ccc12)C(F)(F)F. The summed E-state index contributed by atoms with van der Waals surface area (Å²) >= 11 is 7.83. The van der Waals surface area contributed by atoms with Crippen molar-refractivity contribution >= 4 is 132 Å². The van der Waals surface area contributed by atoms with E-state index in [1.165, 1.54) is 24.3 Å². The zero-order chi connectivity index (χ0) is 30.0. The smallest absolute Gasteiger partial charge is 0.375 e. The normalized spacial score (nSPS) is 13.2. The van der Waals surface area contributed by atoms with Gasteiger partial charge in [0.25, 0.3) is 0 Å². The highest BCUT2D eigenvalue weighted by Crippen LogP contribution is 2.49. The van der Waals surface area contributed by atoms with E-state index in [-0.39, 0.29) is 10.8 Å². The number of fused-ring (bicyclic) bond motifs is 2. The minimum Gasteiger partial charge on any atom is -0.375 e. The lowest BCUT2D eigenvalue weighted by atomic mass is 9.92. The fraction of sp³-hybridized carbons (Fsp3) is 0.0909. The highest BCUT2D eigenvalue weighted by molar-refractivity contribution is 14.1. The molecule has 0 amide bonds. The molecule has 0 atom stereocenters. The van der Waals surface area contributed by atoms with Gasteiger partial charge in [0.15, 0.2) is 11.5 Å². The molecule has 0 aliphatic carbocycles. The van der Waals surface area contributed by atoms with Crippen LogP contribution in [0.5, 0.6) is 11.5 Å². The molecule has 0 spiro atoms. The van der Waals surface area contributed by atoms with Crippen LogP contribution in [0.1, 0.15) is 0 Å². The first-order valence-corrected chi connectivity index (χ1v) is 17.2. The van der Waals surface area contributed by atoms with Crippen molar-refractivity contribution < 1.29 is 51.5 Å². The van der Waals surface area contributed by atoms with E-state index in [2.05, 4.69) is 8.37 Å². The summed E-state index contributed by atoms with van der Waals surface area (Å²) in [5.74, 6) is -1.81. The van der Waals surface area contributed by atoms with E-state index in [1.54, 1.807) is 12.1 Å². The van der Waals surface area contributed by atoms with Crippen LogP contribution in [0.3, 0.4) is 0 Å². The monoisotopic (exact) mass is 1050 g/mol. The minimum absolute atomic E-state index is 0.0648. The topological polar surface area (TPSA) is 86.7 Å². The van der Waals surface area contributed by atoms with E-state index < -0.39 is 53.9 Å². The molecule has 0 aliphatic heterocycles. The second-order valence-electron chi connectivity index (χ2n) is 7.76. The van der Waals surface area contributed by atoms with E-state index in [0.29, 0.717) is 25.1 Å². The zero-order valence-corrected chi connectivity index (χ0v) is 28.9. The molecule has 4 aromatic rings. The molecule has 0 aromatic heterocycles. The summed E-state index contributed by atoms with van der Waals surface area (Å²) in [6.07, 6.45) is 0. The molecule has 0 radical (unpaired) electrons. The average molecular weight is 1050 g/mol. The number of halogens is 10. The molecular weight excluding hydrogens is 1050 g/mol. The summed E-state index contributed by atoms with van der Waals surface area (Å²) in [5.41, 5.74) is -12.5. The van der Waals surface area contributed by atoms with Crippen molar-refractivity contribution in [2.75, 3.05) is 0 Å². The zero-order valence-electron chi connectivity index (χ0n) is 18.7. The first kappa shape index (κ1) is 32.3. The van der Waals surface area contributed by atoms with Crippen LogP contribution in [0.15, 0.2) is 48.5 Å². The fourth-order valence-corrected chi connectivity index (χ4v) is 6.81. The lowest BCUT2D eigenvalue weighted by Gasteiger charge is -2.21. The number of rotatable bonds is 5. The molecule has 0 N–H and O–H groups in total. The molecule has 0 saturated carbocycles. The second-order valence-corrected chi connectivity index (χ2v) is 15.3. The molecule has 0 heterocycles. The lowest BCUT2D eigenvalue weighted by Crippen LogP contribution is -2.28. The summed E-state index contributed by atoms with van der Waals surface area (Å²) in [7, 11) is -12.5. The van der Waals surface area contributed by atoms with E-state index in [4.69, 9.17) is 0 Å². The van der Waals surface area contributed by atoms with Gasteiger partial charge in [-0.25, -0.2) is 0 Å².